The number of aromatic carboxylic acids is 1. The molecule has 1 heterocycles. The first kappa shape index (κ1) is 18.4. The maximum absolute atomic E-state index is 10.9. The Bertz CT molecular complexity index is 809. The van der Waals surface area contributed by atoms with Crippen molar-refractivity contribution in [1.29, 1.82) is 5.26 Å². The molecule has 1 atom stereocenters. The summed E-state index contributed by atoms with van der Waals surface area (Å²) in [5.74, 6) is -0.909. The molecular formula is C20H20ClN3O2. The monoisotopic (exact) mass is 369 g/mol. The van der Waals surface area contributed by atoms with E-state index in [1.807, 2.05) is 36.4 Å². The van der Waals surface area contributed by atoms with E-state index >= 15 is 0 Å². The summed E-state index contributed by atoms with van der Waals surface area (Å²) < 4.78 is 0. The summed E-state index contributed by atoms with van der Waals surface area (Å²) in [6.45, 7) is 4.11. The van der Waals surface area contributed by atoms with E-state index in [4.69, 9.17) is 16.7 Å². The zero-order valence-corrected chi connectivity index (χ0v) is 15.1. The van der Waals surface area contributed by atoms with Gasteiger partial charge in [0.05, 0.1) is 11.6 Å². The van der Waals surface area contributed by atoms with Crippen LogP contribution in [0, 0.1) is 11.3 Å². The van der Waals surface area contributed by atoms with Crippen molar-refractivity contribution in [3.63, 3.8) is 0 Å². The van der Waals surface area contributed by atoms with Crippen molar-refractivity contribution in [2.24, 2.45) is 0 Å². The van der Waals surface area contributed by atoms with Crippen LogP contribution in [0.1, 0.15) is 27.5 Å². The standard InChI is InChI=1S/C20H20ClN3O2/c21-18-3-1-2-17(12-18)19(13-22)24-10-8-23(9-11-24)14-15-4-6-16(7-5-15)20(25)26/h1-7,12,19H,8-11,14H2,(H,25,26). The maximum Gasteiger partial charge on any atom is 0.335 e. The van der Waals surface area contributed by atoms with Crippen molar-refractivity contribution >= 4 is 17.6 Å². The molecule has 0 saturated carbocycles. The van der Waals surface area contributed by atoms with E-state index in [0.29, 0.717) is 10.6 Å². The maximum atomic E-state index is 10.9. The quantitative estimate of drug-likeness (QED) is 0.874. The summed E-state index contributed by atoms with van der Waals surface area (Å²) in [5, 5.41) is 19.2. The average Bonchev–Trinajstić information content (AvgIpc) is 2.64. The number of nitriles is 1. The van der Waals surface area contributed by atoms with E-state index in [0.717, 1.165) is 43.9 Å². The lowest BCUT2D eigenvalue weighted by Crippen LogP contribution is -2.46. The average molecular weight is 370 g/mol. The van der Waals surface area contributed by atoms with Gasteiger partial charge in [0.1, 0.15) is 6.04 Å². The van der Waals surface area contributed by atoms with Crippen LogP contribution in [0.15, 0.2) is 48.5 Å². The predicted octanol–water partition coefficient (Wildman–Crippen LogP) is 3.42. The van der Waals surface area contributed by atoms with Crippen molar-refractivity contribution in [3.05, 3.63) is 70.2 Å². The Labute approximate surface area is 158 Å². The first-order valence-corrected chi connectivity index (χ1v) is 8.88. The molecule has 3 rings (SSSR count). The molecule has 0 amide bonds. The van der Waals surface area contributed by atoms with Crippen LogP contribution in [-0.2, 0) is 6.54 Å². The van der Waals surface area contributed by atoms with Gasteiger partial charge in [-0.3, -0.25) is 9.80 Å². The summed E-state index contributed by atoms with van der Waals surface area (Å²) in [6.07, 6.45) is 0. The van der Waals surface area contributed by atoms with Crippen LogP contribution in [0.5, 0.6) is 0 Å². The number of hydrogen-bond donors (Lipinski definition) is 1. The third kappa shape index (κ3) is 4.41. The minimum atomic E-state index is -0.909. The Morgan fingerprint density at radius 2 is 1.85 bits per heavy atom. The second kappa shape index (κ2) is 8.33. The third-order valence-electron chi connectivity index (χ3n) is 4.67. The van der Waals surface area contributed by atoms with Crippen LogP contribution < -0.4 is 0 Å². The number of carbonyl (C=O) groups is 1. The summed E-state index contributed by atoms with van der Waals surface area (Å²) >= 11 is 6.06. The molecule has 26 heavy (non-hydrogen) atoms. The summed E-state index contributed by atoms with van der Waals surface area (Å²) in [4.78, 5) is 15.4. The van der Waals surface area contributed by atoms with Crippen molar-refractivity contribution in [3.8, 4) is 6.07 Å². The molecule has 0 radical (unpaired) electrons. The highest BCUT2D eigenvalue weighted by Crippen LogP contribution is 2.24. The van der Waals surface area contributed by atoms with Gasteiger partial charge in [0.2, 0.25) is 0 Å². The van der Waals surface area contributed by atoms with Gasteiger partial charge in [-0.2, -0.15) is 5.26 Å². The molecule has 6 heteroatoms. The Morgan fingerprint density at radius 1 is 1.15 bits per heavy atom. The van der Waals surface area contributed by atoms with Gasteiger partial charge in [0.25, 0.3) is 0 Å². The van der Waals surface area contributed by atoms with Gasteiger partial charge < -0.3 is 5.11 Å². The number of carboxylic acids is 1. The first-order valence-electron chi connectivity index (χ1n) is 8.50. The van der Waals surface area contributed by atoms with Crippen LogP contribution in [0.25, 0.3) is 0 Å². The predicted molar refractivity (Wildman–Crippen MR) is 100 cm³/mol. The van der Waals surface area contributed by atoms with E-state index in [1.54, 1.807) is 12.1 Å². The zero-order chi connectivity index (χ0) is 18.5. The van der Waals surface area contributed by atoms with Gasteiger partial charge >= 0.3 is 5.97 Å². The van der Waals surface area contributed by atoms with Crippen LogP contribution in [0.3, 0.4) is 0 Å². The van der Waals surface area contributed by atoms with Gasteiger partial charge in [0.15, 0.2) is 0 Å². The molecule has 1 aliphatic heterocycles. The summed E-state index contributed by atoms with van der Waals surface area (Å²) in [5.41, 5.74) is 2.32. The SMILES string of the molecule is N#CC(c1cccc(Cl)c1)N1CCN(Cc2ccc(C(=O)O)cc2)CC1. The highest BCUT2D eigenvalue weighted by Gasteiger charge is 2.25. The third-order valence-corrected chi connectivity index (χ3v) is 4.90. The van der Waals surface area contributed by atoms with E-state index in [2.05, 4.69) is 15.9 Å². The van der Waals surface area contributed by atoms with Gasteiger partial charge in [0, 0.05) is 37.7 Å². The van der Waals surface area contributed by atoms with Crippen molar-refractivity contribution < 1.29 is 9.90 Å². The molecule has 1 unspecified atom stereocenters. The lowest BCUT2D eigenvalue weighted by Gasteiger charge is -2.37. The van der Waals surface area contributed by atoms with Gasteiger partial charge in [-0.15, -0.1) is 0 Å². The van der Waals surface area contributed by atoms with Crippen LogP contribution in [0.4, 0.5) is 0 Å². The molecule has 2 aromatic rings. The number of benzene rings is 2. The lowest BCUT2D eigenvalue weighted by atomic mass is 10.1. The summed E-state index contributed by atoms with van der Waals surface area (Å²) in [6, 6.07) is 16.6. The number of piperazine rings is 1. The number of hydrogen-bond acceptors (Lipinski definition) is 4. The highest BCUT2D eigenvalue weighted by molar-refractivity contribution is 6.30. The van der Waals surface area contributed by atoms with Gasteiger partial charge in [-0.1, -0.05) is 35.9 Å². The van der Waals surface area contributed by atoms with E-state index in [9.17, 15) is 10.1 Å². The molecule has 1 N–H and O–H groups in total. The van der Waals surface area contributed by atoms with Crippen LogP contribution in [-0.4, -0.2) is 47.1 Å². The topological polar surface area (TPSA) is 67.6 Å². The fraction of sp³-hybridized carbons (Fsp3) is 0.300. The van der Waals surface area contributed by atoms with Crippen LogP contribution >= 0.6 is 11.6 Å². The fourth-order valence-electron chi connectivity index (χ4n) is 3.23. The Hall–Kier alpha value is -2.39. The largest absolute Gasteiger partial charge is 0.478 e. The molecule has 1 aliphatic rings. The number of halogens is 1. The molecule has 134 valence electrons. The van der Waals surface area contributed by atoms with Crippen molar-refractivity contribution in [2.75, 3.05) is 26.2 Å². The molecule has 2 aromatic carbocycles. The minimum absolute atomic E-state index is 0.286. The van der Waals surface area contributed by atoms with E-state index < -0.39 is 5.97 Å². The highest BCUT2D eigenvalue weighted by atomic mass is 35.5. The van der Waals surface area contributed by atoms with Crippen molar-refractivity contribution in [1.82, 2.24) is 9.80 Å². The molecule has 1 saturated heterocycles. The normalized spacial score (nSPS) is 16.8. The zero-order valence-electron chi connectivity index (χ0n) is 14.3. The number of rotatable bonds is 5. The molecule has 0 aromatic heterocycles. The molecule has 0 spiro atoms. The first-order chi connectivity index (χ1) is 12.6. The number of nitrogens with zero attached hydrogens (tertiary/aromatic N) is 3. The molecule has 5 nitrogen and oxygen atoms in total. The Kier molecular flexibility index (Phi) is 5.89. The van der Waals surface area contributed by atoms with Crippen LogP contribution in [0.2, 0.25) is 5.02 Å². The molecule has 1 fully saturated rings. The van der Waals surface area contributed by atoms with E-state index in [-0.39, 0.29) is 6.04 Å². The second-order valence-corrected chi connectivity index (χ2v) is 6.84. The Balaban J connectivity index is 1.58. The smallest absolute Gasteiger partial charge is 0.335 e. The van der Waals surface area contributed by atoms with Gasteiger partial charge in [-0.05, 0) is 35.4 Å². The Morgan fingerprint density at radius 3 is 2.42 bits per heavy atom. The second-order valence-electron chi connectivity index (χ2n) is 6.40. The van der Waals surface area contributed by atoms with Gasteiger partial charge in [-0.25, -0.2) is 4.79 Å². The van der Waals surface area contributed by atoms with E-state index in [1.165, 1.54) is 0 Å². The minimum Gasteiger partial charge on any atom is -0.478 e. The summed E-state index contributed by atoms with van der Waals surface area (Å²) in [7, 11) is 0. The molecular weight excluding hydrogens is 350 g/mol. The molecule has 0 aliphatic carbocycles. The molecule has 0 bridgehead atoms. The fourth-order valence-corrected chi connectivity index (χ4v) is 3.43. The van der Waals surface area contributed by atoms with Crippen molar-refractivity contribution in [2.45, 2.75) is 12.6 Å². The lowest BCUT2D eigenvalue weighted by molar-refractivity contribution is 0.0697. The number of carboxylic acid groups (broad SMARTS) is 1.